The van der Waals surface area contributed by atoms with E-state index in [-0.39, 0.29) is 0 Å². The first-order valence-electron chi connectivity index (χ1n) is 6.97. The monoisotopic (exact) mass is 292 g/mol. The number of rotatable bonds is 4. The molecule has 2 aromatic carbocycles. The Morgan fingerprint density at radius 1 is 1.00 bits per heavy atom. The Hall–Kier alpha value is -2.88. The summed E-state index contributed by atoms with van der Waals surface area (Å²) in [5.41, 5.74) is 3.12. The zero-order valence-electron chi connectivity index (χ0n) is 12.5. The fraction of sp³-hybridized carbons (Fsp3) is 0.111. The number of aryl methyl sites for hydroxylation is 1. The lowest BCUT2D eigenvalue weighted by Gasteiger charge is -1.98. The molecule has 1 heterocycles. The second kappa shape index (κ2) is 6.26. The molecule has 0 radical (unpaired) electrons. The number of methoxy groups -OCH3 is 1. The Morgan fingerprint density at radius 3 is 2.55 bits per heavy atom. The first kappa shape index (κ1) is 14.1. The predicted molar refractivity (Wildman–Crippen MR) is 86.4 cm³/mol. The van der Waals surface area contributed by atoms with Gasteiger partial charge in [-0.05, 0) is 42.8 Å². The summed E-state index contributed by atoms with van der Waals surface area (Å²) in [6.07, 6.45) is 3.72. The summed E-state index contributed by atoms with van der Waals surface area (Å²) in [6.45, 7) is 2.03. The van der Waals surface area contributed by atoms with Crippen LogP contribution in [-0.4, -0.2) is 17.3 Å². The van der Waals surface area contributed by atoms with Crippen LogP contribution in [0.15, 0.2) is 52.9 Å². The van der Waals surface area contributed by atoms with E-state index in [1.54, 1.807) is 13.2 Å². The van der Waals surface area contributed by atoms with Crippen molar-refractivity contribution in [3.63, 3.8) is 0 Å². The molecular formula is C18H16N2O2. The van der Waals surface area contributed by atoms with Crippen LogP contribution in [0.1, 0.15) is 17.0 Å². The van der Waals surface area contributed by atoms with Gasteiger partial charge in [0.2, 0.25) is 11.8 Å². The lowest BCUT2D eigenvalue weighted by molar-refractivity contribution is 0.415. The lowest BCUT2D eigenvalue weighted by atomic mass is 10.1. The molecule has 3 aromatic rings. The SMILES string of the molecule is COc1ccc(/C=C/c2nnc(-c3cccc(C)c3)o2)cc1. The molecule has 4 heteroatoms. The van der Waals surface area contributed by atoms with Gasteiger partial charge in [-0.15, -0.1) is 10.2 Å². The van der Waals surface area contributed by atoms with E-state index in [2.05, 4.69) is 10.2 Å². The zero-order valence-corrected chi connectivity index (χ0v) is 12.5. The molecule has 0 saturated carbocycles. The Labute approximate surface area is 129 Å². The fourth-order valence-electron chi connectivity index (χ4n) is 2.08. The van der Waals surface area contributed by atoms with Gasteiger partial charge in [0.15, 0.2) is 0 Å². The van der Waals surface area contributed by atoms with Crippen molar-refractivity contribution in [3.05, 3.63) is 65.5 Å². The maximum atomic E-state index is 5.66. The molecule has 3 rings (SSSR count). The Morgan fingerprint density at radius 2 is 1.82 bits per heavy atom. The van der Waals surface area contributed by atoms with Crippen molar-refractivity contribution in [2.24, 2.45) is 0 Å². The smallest absolute Gasteiger partial charge is 0.248 e. The van der Waals surface area contributed by atoms with E-state index in [0.29, 0.717) is 11.8 Å². The molecular weight excluding hydrogens is 276 g/mol. The highest BCUT2D eigenvalue weighted by Gasteiger charge is 2.06. The highest BCUT2D eigenvalue weighted by molar-refractivity contribution is 5.66. The number of benzene rings is 2. The molecule has 0 aliphatic carbocycles. The van der Waals surface area contributed by atoms with Crippen LogP contribution < -0.4 is 4.74 Å². The van der Waals surface area contributed by atoms with E-state index >= 15 is 0 Å². The quantitative estimate of drug-likeness (QED) is 0.722. The molecule has 0 fully saturated rings. The first-order valence-corrected chi connectivity index (χ1v) is 6.97. The molecule has 0 aliphatic rings. The van der Waals surface area contributed by atoms with E-state index in [1.165, 1.54) is 0 Å². The van der Waals surface area contributed by atoms with Crippen LogP contribution in [0.3, 0.4) is 0 Å². The van der Waals surface area contributed by atoms with Crippen LogP contribution in [0.25, 0.3) is 23.6 Å². The number of nitrogens with zero attached hydrogens (tertiary/aromatic N) is 2. The van der Waals surface area contributed by atoms with Crippen LogP contribution in [0.5, 0.6) is 5.75 Å². The van der Waals surface area contributed by atoms with Crippen molar-refractivity contribution in [2.45, 2.75) is 6.92 Å². The normalized spacial score (nSPS) is 11.0. The van der Waals surface area contributed by atoms with Crippen LogP contribution in [0.4, 0.5) is 0 Å². The third-order valence-corrected chi connectivity index (χ3v) is 3.24. The molecule has 0 unspecified atom stereocenters. The number of aromatic nitrogens is 2. The first-order chi connectivity index (χ1) is 10.7. The molecule has 0 atom stereocenters. The average molecular weight is 292 g/mol. The van der Waals surface area contributed by atoms with Gasteiger partial charge in [-0.2, -0.15) is 0 Å². The number of hydrogen-bond donors (Lipinski definition) is 0. The molecule has 110 valence electrons. The Kier molecular flexibility index (Phi) is 4.01. The van der Waals surface area contributed by atoms with E-state index in [4.69, 9.17) is 9.15 Å². The molecule has 0 amide bonds. The van der Waals surface area contributed by atoms with Gasteiger partial charge >= 0.3 is 0 Å². The minimum Gasteiger partial charge on any atom is -0.497 e. The minimum absolute atomic E-state index is 0.479. The molecule has 22 heavy (non-hydrogen) atoms. The van der Waals surface area contributed by atoms with Crippen molar-refractivity contribution < 1.29 is 9.15 Å². The third-order valence-electron chi connectivity index (χ3n) is 3.24. The molecule has 0 saturated heterocycles. The van der Waals surface area contributed by atoms with Crippen molar-refractivity contribution >= 4 is 12.2 Å². The van der Waals surface area contributed by atoms with Crippen LogP contribution in [-0.2, 0) is 0 Å². The van der Waals surface area contributed by atoms with Gasteiger partial charge < -0.3 is 9.15 Å². The van der Waals surface area contributed by atoms with Crippen molar-refractivity contribution in [3.8, 4) is 17.2 Å². The summed E-state index contributed by atoms with van der Waals surface area (Å²) in [6, 6.07) is 15.7. The van der Waals surface area contributed by atoms with Crippen LogP contribution >= 0.6 is 0 Å². The van der Waals surface area contributed by atoms with Crippen LogP contribution in [0, 0.1) is 6.92 Å². The molecule has 1 aromatic heterocycles. The van der Waals surface area contributed by atoms with Crippen molar-refractivity contribution in [1.29, 1.82) is 0 Å². The third kappa shape index (κ3) is 3.23. The minimum atomic E-state index is 0.479. The van der Waals surface area contributed by atoms with Crippen molar-refractivity contribution in [1.82, 2.24) is 10.2 Å². The summed E-state index contributed by atoms with van der Waals surface area (Å²) in [4.78, 5) is 0. The summed E-state index contributed by atoms with van der Waals surface area (Å²) >= 11 is 0. The largest absolute Gasteiger partial charge is 0.497 e. The van der Waals surface area contributed by atoms with Gasteiger partial charge in [0.1, 0.15) is 5.75 Å². The van der Waals surface area contributed by atoms with E-state index in [9.17, 15) is 0 Å². The number of ether oxygens (including phenoxy) is 1. The van der Waals surface area contributed by atoms with Gasteiger partial charge in [-0.1, -0.05) is 29.8 Å². The fourth-order valence-corrected chi connectivity index (χ4v) is 2.08. The van der Waals surface area contributed by atoms with Gasteiger partial charge in [0.25, 0.3) is 0 Å². The van der Waals surface area contributed by atoms with Crippen molar-refractivity contribution in [2.75, 3.05) is 7.11 Å². The second-order valence-electron chi connectivity index (χ2n) is 4.92. The average Bonchev–Trinajstić information content (AvgIpc) is 3.02. The topological polar surface area (TPSA) is 48.2 Å². The molecule has 0 aliphatic heterocycles. The Bertz CT molecular complexity index is 789. The van der Waals surface area contributed by atoms with Gasteiger partial charge in [-0.25, -0.2) is 0 Å². The molecule has 0 spiro atoms. The van der Waals surface area contributed by atoms with Crippen LogP contribution in [0.2, 0.25) is 0 Å². The van der Waals surface area contributed by atoms with E-state index in [0.717, 1.165) is 22.4 Å². The van der Waals surface area contributed by atoms with E-state index < -0.39 is 0 Å². The standard InChI is InChI=1S/C18H16N2O2/c1-13-4-3-5-15(12-13)18-20-19-17(22-18)11-8-14-6-9-16(21-2)10-7-14/h3-12H,1-2H3/b11-8+. The summed E-state index contributed by atoms with van der Waals surface area (Å²) in [7, 11) is 1.65. The molecule has 0 bridgehead atoms. The summed E-state index contributed by atoms with van der Waals surface area (Å²) < 4.78 is 10.8. The zero-order chi connectivity index (χ0) is 15.4. The highest BCUT2D eigenvalue weighted by atomic mass is 16.5. The van der Waals surface area contributed by atoms with Gasteiger partial charge in [0, 0.05) is 11.6 Å². The maximum Gasteiger partial charge on any atom is 0.248 e. The maximum absolute atomic E-state index is 5.66. The molecule has 0 N–H and O–H groups in total. The highest BCUT2D eigenvalue weighted by Crippen LogP contribution is 2.20. The van der Waals surface area contributed by atoms with Gasteiger partial charge in [-0.3, -0.25) is 0 Å². The number of hydrogen-bond acceptors (Lipinski definition) is 4. The second-order valence-corrected chi connectivity index (χ2v) is 4.92. The van der Waals surface area contributed by atoms with E-state index in [1.807, 2.05) is 61.5 Å². The lowest BCUT2D eigenvalue weighted by Crippen LogP contribution is -1.81. The Balaban J connectivity index is 1.77. The predicted octanol–water partition coefficient (Wildman–Crippen LogP) is 4.22. The molecule has 4 nitrogen and oxygen atoms in total. The van der Waals surface area contributed by atoms with Gasteiger partial charge in [0.05, 0.1) is 7.11 Å². The summed E-state index contributed by atoms with van der Waals surface area (Å²) in [5.74, 6) is 1.84. The summed E-state index contributed by atoms with van der Waals surface area (Å²) in [5, 5.41) is 8.12.